The Hall–Kier alpha value is -1.55. The number of benzene rings is 1. The molecule has 0 aliphatic rings. The lowest BCUT2D eigenvalue weighted by Crippen LogP contribution is -2.27. The zero-order valence-electron chi connectivity index (χ0n) is 11.7. The van der Waals surface area contributed by atoms with Crippen LogP contribution in [0.25, 0.3) is 11.0 Å². The molecule has 0 atom stereocenters. The number of nitrogens with one attached hydrogen (secondary N) is 1. The van der Waals surface area contributed by atoms with Gasteiger partial charge < -0.3 is 9.88 Å². The van der Waals surface area contributed by atoms with E-state index in [4.69, 9.17) is 11.6 Å². The third-order valence-electron chi connectivity index (χ3n) is 3.29. The van der Waals surface area contributed by atoms with Gasteiger partial charge in [0.25, 0.3) is 0 Å². The van der Waals surface area contributed by atoms with Crippen LogP contribution in [0.3, 0.4) is 0 Å². The van der Waals surface area contributed by atoms with Gasteiger partial charge in [-0.25, -0.2) is 4.98 Å². The van der Waals surface area contributed by atoms with Crippen LogP contribution in [0.5, 0.6) is 0 Å². The van der Waals surface area contributed by atoms with Crippen LogP contribution in [-0.2, 0) is 11.3 Å². The number of hydrogen-bond donors (Lipinski definition) is 1. The first-order chi connectivity index (χ1) is 9.72. The van der Waals surface area contributed by atoms with Gasteiger partial charge >= 0.3 is 0 Å². The van der Waals surface area contributed by atoms with Gasteiger partial charge in [0.15, 0.2) is 0 Å². The Bertz CT molecular complexity index is 580. The lowest BCUT2D eigenvalue weighted by molar-refractivity contribution is -0.121. The third kappa shape index (κ3) is 3.73. The van der Waals surface area contributed by atoms with E-state index in [-0.39, 0.29) is 5.91 Å². The summed E-state index contributed by atoms with van der Waals surface area (Å²) in [6.07, 6.45) is 2.29. The summed E-state index contributed by atoms with van der Waals surface area (Å²) in [6.45, 7) is 3.36. The molecule has 0 unspecified atom stereocenters. The van der Waals surface area contributed by atoms with Crippen molar-refractivity contribution in [3.05, 3.63) is 30.1 Å². The van der Waals surface area contributed by atoms with E-state index in [2.05, 4.69) is 20.9 Å². The second-order valence-corrected chi connectivity index (χ2v) is 5.17. The summed E-state index contributed by atoms with van der Waals surface area (Å²) >= 11 is 5.59. The molecule has 0 spiro atoms. The normalized spacial score (nSPS) is 10.9. The summed E-state index contributed by atoms with van der Waals surface area (Å²) in [7, 11) is 0. The fourth-order valence-corrected chi connectivity index (χ4v) is 2.44. The number of fused-ring (bicyclic) bond motifs is 1. The molecule has 0 fully saturated rings. The number of unbranched alkanes of at least 4 members (excludes halogenated alkanes) is 1. The smallest absolute Gasteiger partial charge is 0.220 e. The lowest BCUT2D eigenvalue weighted by Gasteiger charge is -2.08. The summed E-state index contributed by atoms with van der Waals surface area (Å²) in [5, 5.41) is 2.94. The molecule has 1 heterocycles. The number of rotatable bonds is 7. The highest BCUT2D eigenvalue weighted by Gasteiger charge is 2.06. The molecule has 0 saturated carbocycles. The van der Waals surface area contributed by atoms with Gasteiger partial charge in [-0.1, -0.05) is 12.1 Å². The highest BCUT2D eigenvalue weighted by Crippen LogP contribution is 2.14. The second kappa shape index (κ2) is 7.29. The number of imidazole rings is 1. The van der Waals surface area contributed by atoms with Crippen LogP contribution >= 0.6 is 11.6 Å². The Kier molecular flexibility index (Phi) is 5.41. The average molecular weight is 294 g/mol. The number of amides is 1. The number of carbonyl (C=O) groups excluding carboxylic acids is 1. The van der Waals surface area contributed by atoms with Crippen molar-refractivity contribution in [2.45, 2.75) is 32.7 Å². The molecule has 4 nitrogen and oxygen atoms in total. The van der Waals surface area contributed by atoms with E-state index in [0.29, 0.717) is 18.8 Å². The predicted octanol–water partition coefficient (Wildman–Crippen LogP) is 2.87. The number of nitrogens with zero attached hydrogens (tertiary/aromatic N) is 2. The molecule has 0 saturated heterocycles. The van der Waals surface area contributed by atoms with Gasteiger partial charge in [0, 0.05) is 25.4 Å². The Morgan fingerprint density at radius 3 is 2.95 bits per heavy atom. The monoisotopic (exact) mass is 293 g/mol. The maximum absolute atomic E-state index is 11.6. The number of hydrogen-bond acceptors (Lipinski definition) is 2. The average Bonchev–Trinajstić information content (AvgIpc) is 2.75. The molecular weight excluding hydrogens is 274 g/mol. The molecular formula is C15H20ClN3O. The molecule has 2 rings (SSSR count). The van der Waals surface area contributed by atoms with Crippen molar-refractivity contribution in [3.63, 3.8) is 0 Å². The first kappa shape index (κ1) is 14.9. The van der Waals surface area contributed by atoms with Crippen molar-refractivity contribution >= 4 is 28.5 Å². The number of aryl methyl sites for hydroxylation is 1. The maximum Gasteiger partial charge on any atom is 0.220 e. The van der Waals surface area contributed by atoms with Crippen LogP contribution in [0.15, 0.2) is 24.3 Å². The molecule has 0 radical (unpaired) electrons. The SMILES string of the molecule is Cc1nc2ccccc2n1CCNC(=O)CCCCCl. The Labute approximate surface area is 124 Å². The summed E-state index contributed by atoms with van der Waals surface area (Å²) in [6, 6.07) is 8.05. The fraction of sp³-hybridized carbons (Fsp3) is 0.467. The molecule has 1 aromatic heterocycles. The van der Waals surface area contributed by atoms with Crippen LogP contribution in [0.4, 0.5) is 0 Å². The summed E-state index contributed by atoms with van der Waals surface area (Å²) in [5.74, 6) is 1.69. The molecule has 1 aromatic carbocycles. The van der Waals surface area contributed by atoms with Gasteiger partial charge in [0.2, 0.25) is 5.91 Å². The number of aromatic nitrogens is 2. The second-order valence-electron chi connectivity index (χ2n) is 4.80. The van der Waals surface area contributed by atoms with Crippen molar-refractivity contribution in [3.8, 4) is 0 Å². The molecule has 5 heteroatoms. The number of alkyl halides is 1. The predicted molar refractivity (Wildman–Crippen MR) is 82.1 cm³/mol. The van der Waals surface area contributed by atoms with E-state index < -0.39 is 0 Å². The van der Waals surface area contributed by atoms with Crippen molar-refractivity contribution in [1.82, 2.24) is 14.9 Å². The zero-order valence-corrected chi connectivity index (χ0v) is 12.5. The molecule has 1 amide bonds. The van der Waals surface area contributed by atoms with E-state index in [1.807, 2.05) is 25.1 Å². The first-order valence-corrected chi connectivity index (χ1v) is 7.50. The van der Waals surface area contributed by atoms with Crippen LogP contribution < -0.4 is 5.32 Å². The third-order valence-corrected chi connectivity index (χ3v) is 3.56. The van der Waals surface area contributed by atoms with E-state index in [9.17, 15) is 4.79 Å². The standard InChI is InChI=1S/C15H20ClN3O/c1-12-18-13-6-2-3-7-14(13)19(12)11-10-17-15(20)8-4-5-9-16/h2-3,6-7H,4-5,8-11H2,1H3,(H,17,20). The quantitative estimate of drug-likeness (QED) is 0.630. The van der Waals surface area contributed by atoms with Crippen molar-refractivity contribution in [2.75, 3.05) is 12.4 Å². The first-order valence-electron chi connectivity index (χ1n) is 6.97. The highest BCUT2D eigenvalue weighted by molar-refractivity contribution is 6.17. The Morgan fingerprint density at radius 1 is 1.35 bits per heavy atom. The van der Waals surface area contributed by atoms with E-state index in [0.717, 1.165) is 36.2 Å². The minimum absolute atomic E-state index is 0.0946. The van der Waals surface area contributed by atoms with E-state index in [1.54, 1.807) is 0 Å². The minimum Gasteiger partial charge on any atom is -0.354 e. The Morgan fingerprint density at radius 2 is 2.15 bits per heavy atom. The van der Waals surface area contributed by atoms with Crippen molar-refractivity contribution in [2.24, 2.45) is 0 Å². The zero-order chi connectivity index (χ0) is 14.4. The van der Waals surface area contributed by atoms with Crippen molar-refractivity contribution < 1.29 is 4.79 Å². The summed E-state index contributed by atoms with van der Waals surface area (Å²) in [4.78, 5) is 16.1. The minimum atomic E-state index is 0.0946. The van der Waals surface area contributed by atoms with E-state index in [1.165, 1.54) is 0 Å². The fourth-order valence-electron chi connectivity index (χ4n) is 2.25. The highest BCUT2D eigenvalue weighted by atomic mass is 35.5. The molecule has 20 heavy (non-hydrogen) atoms. The number of para-hydroxylation sites is 2. The topological polar surface area (TPSA) is 46.9 Å². The maximum atomic E-state index is 11.6. The van der Waals surface area contributed by atoms with Gasteiger partial charge in [-0.3, -0.25) is 4.79 Å². The summed E-state index contributed by atoms with van der Waals surface area (Å²) in [5.41, 5.74) is 2.11. The van der Waals surface area contributed by atoms with Crippen LogP contribution in [0.2, 0.25) is 0 Å². The van der Waals surface area contributed by atoms with Crippen LogP contribution in [0, 0.1) is 6.92 Å². The Balaban J connectivity index is 1.87. The van der Waals surface area contributed by atoms with Crippen LogP contribution in [-0.4, -0.2) is 27.9 Å². The molecule has 108 valence electrons. The molecule has 0 bridgehead atoms. The van der Waals surface area contributed by atoms with Gasteiger partial charge in [-0.15, -0.1) is 11.6 Å². The van der Waals surface area contributed by atoms with Gasteiger partial charge in [0.05, 0.1) is 11.0 Å². The largest absolute Gasteiger partial charge is 0.354 e. The lowest BCUT2D eigenvalue weighted by atomic mass is 10.2. The number of carbonyl (C=O) groups is 1. The van der Waals surface area contributed by atoms with E-state index >= 15 is 0 Å². The van der Waals surface area contributed by atoms with Crippen LogP contribution in [0.1, 0.15) is 25.1 Å². The molecule has 2 aromatic rings. The summed E-state index contributed by atoms with van der Waals surface area (Å²) < 4.78 is 2.13. The van der Waals surface area contributed by atoms with Crippen molar-refractivity contribution in [1.29, 1.82) is 0 Å². The molecule has 0 aliphatic carbocycles. The van der Waals surface area contributed by atoms with Gasteiger partial charge in [-0.2, -0.15) is 0 Å². The molecule has 0 aliphatic heterocycles. The van der Waals surface area contributed by atoms with Gasteiger partial charge in [0.1, 0.15) is 5.82 Å². The van der Waals surface area contributed by atoms with Gasteiger partial charge in [-0.05, 0) is 31.9 Å². The number of halogens is 1. The molecule has 1 N–H and O–H groups in total.